The third-order valence-corrected chi connectivity index (χ3v) is 5.12. The maximum atomic E-state index is 13.4. The number of alkyl halides is 4. The van der Waals surface area contributed by atoms with Gasteiger partial charge in [0.1, 0.15) is 12.5 Å². The molecule has 0 saturated carbocycles. The summed E-state index contributed by atoms with van der Waals surface area (Å²) in [5.74, 6) is -1.04. The quantitative estimate of drug-likeness (QED) is 0.698. The summed E-state index contributed by atoms with van der Waals surface area (Å²) in [6.07, 6.45) is -4.38. The number of amides is 1. The molecule has 29 heavy (non-hydrogen) atoms. The van der Waals surface area contributed by atoms with E-state index < -0.39 is 23.9 Å². The van der Waals surface area contributed by atoms with Crippen molar-refractivity contribution in [1.29, 1.82) is 0 Å². The maximum Gasteiger partial charge on any atom is 0.434 e. The average molecular weight is 435 g/mol. The lowest BCUT2D eigenvalue weighted by Gasteiger charge is -2.14. The summed E-state index contributed by atoms with van der Waals surface area (Å²) in [6.45, 7) is 0.310. The smallest absolute Gasteiger partial charge is 0.434 e. The monoisotopic (exact) mass is 435 g/mol. The first-order valence-electron chi connectivity index (χ1n) is 8.40. The number of carbonyl (C=O) groups excluding carboxylic acids is 1. The number of halogens is 4. The third-order valence-electron chi connectivity index (χ3n) is 4.16. The predicted molar refractivity (Wildman–Crippen MR) is 95.0 cm³/mol. The molecule has 0 unspecified atom stereocenters. The van der Waals surface area contributed by atoms with Crippen LogP contribution in [0.15, 0.2) is 6.33 Å². The van der Waals surface area contributed by atoms with E-state index in [9.17, 15) is 22.4 Å². The molecule has 1 amide bonds. The van der Waals surface area contributed by atoms with Crippen LogP contribution in [-0.2, 0) is 12.7 Å². The van der Waals surface area contributed by atoms with Gasteiger partial charge in [-0.2, -0.15) is 13.2 Å². The van der Waals surface area contributed by atoms with E-state index in [0.717, 1.165) is 6.33 Å². The number of thiazole rings is 1. The zero-order valence-corrected chi connectivity index (χ0v) is 16.2. The van der Waals surface area contributed by atoms with E-state index in [1.807, 2.05) is 0 Å². The number of nitrogens with one attached hydrogen (secondary N) is 1. The molecule has 1 N–H and O–H groups in total. The minimum Gasteiger partial charge on any atom is -0.480 e. The zero-order valence-electron chi connectivity index (χ0n) is 15.4. The fourth-order valence-corrected chi connectivity index (χ4v) is 3.90. The molecular weight excluding hydrogens is 418 g/mol. The second-order valence-corrected chi connectivity index (χ2v) is 7.21. The highest BCUT2D eigenvalue weighted by Crippen LogP contribution is 2.38. The topological polar surface area (TPSA) is 89.5 Å². The second-order valence-electron chi connectivity index (χ2n) is 6.13. The number of carbonyl (C=O) groups is 1. The van der Waals surface area contributed by atoms with Gasteiger partial charge in [-0.1, -0.05) is 11.3 Å². The molecule has 1 fully saturated rings. The van der Waals surface area contributed by atoms with Crippen molar-refractivity contribution in [2.75, 3.05) is 32.6 Å². The van der Waals surface area contributed by atoms with Gasteiger partial charge >= 0.3 is 6.18 Å². The van der Waals surface area contributed by atoms with Gasteiger partial charge in [-0.05, 0) is 6.42 Å². The van der Waals surface area contributed by atoms with Gasteiger partial charge in [-0.15, -0.1) is 0 Å². The molecule has 8 nitrogen and oxygen atoms in total. The van der Waals surface area contributed by atoms with Crippen LogP contribution in [-0.4, -0.2) is 59.2 Å². The number of methoxy groups -OCH3 is 2. The van der Waals surface area contributed by atoms with Crippen LogP contribution in [0.5, 0.6) is 11.8 Å². The first-order chi connectivity index (χ1) is 13.7. The Morgan fingerprint density at radius 1 is 1.31 bits per heavy atom. The van der Waals surface area contributed by atoms with E-state index in [0.29, 0.717) is 17.9 Å². The number of aromatic nitrogens is 3. The molecule has 158 valence electrons. The van der Waals surface area contributed by atoms with E-state index in [1.165, 1.54) is 14.2 Å². The second kappa shape index (κ2) is 8.45. The molecule has 13 heteroatoms. The summed E-state index contributed by atoms with van der Waals surface area (Å²) in [6, 6.07) is 0. The summed E-state index contributed by atoms with van der Waals surface area (Å²) >= 11 is 0.675. The molecule has 1 saturated heterocycles. The first-order valence-corrected chi connectivity index (χ1v) is 9.22. The highest BCUT2D eigenvalue weighted by atomic mass is 32.1. The molecule has 3 heterocycles. The minimum atomic E-state index is -4.71. The van der Waals surface area contributed by atoms with Gasteiger partial charge < -0.3 is 9.47 Å². The molecule has 2 aromatic rings. The predicted octanol–water partition coefficient (Wildman–Crippen LogP) is 2.77. The van der Waals surface area contributed by atoms with Gasteiger partial charge in [0.25, 0.3) is 5.91 Å². The molecule has 0 radical (unpaired) electrons. The fraction of sp³-hybridized carbons (Fsp3) is 0.500. The van der Waals surface area contributed by atoms with Gasteiger partial charge in [-0.25, -0.2) is 19.3 Å². The van der Waals surface area contributed by atoms with Crippen molar-refractivity contribution in [2.24, 2.45) is 0 Å². The number of hydrogen-bond acceptors (Lipinski definition) is 8. The highest BCUT2D eigenvalue weighted by Gasteiger charge is 2.39. The van der Waals surface area contributed by atoms with Crippen LogP contribution in [0, 0.1) is 0 Å². The van der Waals surface area contributed by atoms with Crippen molar-refractivity contribution in [3.63, 3.8) is 0 Å². The molecule has 0 aromatic carbocycles. The average Bonchev–Trinajstić information content (AvgIpc) is 3.26. The van der Waals surface area contributed by atoms with E-state index in [4.69, 9.17) is 9.47 Å². The van der Waals surface area contributed by atoms with Crippen LogP contribution in [0.2, 0.25) is 0 Å². The van der Waals surface area contributed by atoms with Gasteiger partial charge in [-0.3, -0.25) is 15.0 Å². The van der Waals surface area contributed by atoms with Crippen molar-refractivity contribution in [2.45, 2.75) is 25.3 Å². The molecule has 1 aliphatic rings. The summed E-state index contributed by atoms with van der Waals surface area (Å²) in [7, 11) is 2.55. The Balaban J connectivity index is 1.87. The van der Waals surface area contributed by atoms with E-state index in [-0.39, 0.29) is 46.8 Å². The number of hydrogen-bond donors (Lipinski definition) is 1. The van der Waals surface area contributed by atoms with Crippen LogP contribution in [0.4, 0.5) is 22.7 Å². The lowest BCUT2D eigenvalue weighted by Crippen LogP contribution is -2.21. The lowest BCUT2D eigenvalue weighted by molar-refractivity contribution is -0.141. The minimum absolute atomic E-state index is 0.0621. The summed E-state index contributed by atoms with van der Waals surface area (Å²) < 4.78 is 63.5. The molecule has 3 rings (SSSR count). The van der Waals surface area contributed by atoms with Gasteiger partial charge in [0, 0.05) is 19.6 Å². The molecular formula is C16H17F4N5O3S. The Bertz CT molecular complexity index is 870. The van der Waals surface area contributed by atoms with Crippen LogP contribution in [0.3, 0.4) is 0 Å². The van der Waals surface area contributed by atoms with Gasteiger partial charge in [0.2, 0.25) is 11.8 Å². The largest absolute Gasteiger partial charge is 0.480 e. The maximum absolute atomic E-state index is 13.4. The third kappa shape index (κ3) is 4.72. The molecule has 1 aliphatic heterocycles. The standard InChI is InChI=1S/C16H17F4N5O3S/c1-27-13-10(14(28-2)22-7-21-13)12(26)24-15-23-11(16(18,19)20)9(29-15)6-25-4-3-8(17)5-25/h7-8H,3-6H2,1-2H3,(H,23,24,26)/t8-/m1/s1. The Labute approximate surface area is 166 Å². The van der Waals surface area contributed by atoms with Crippen molar-refractivity contribution in [1.82, 2.24) is 19.9 Å². The van der Waals surface area contributed by atoms with Crippen LogP contribution < -0.4 is 14.8 Å². The normalized spacial score (nSPS) is 17.4. The molecule has 0 bridgehead atoms. The van der Waals surface area contributed by atoms with Crippen molar-refractivity contribution >= 4 is 22.4 Å². The molecule has 1 atom stereocenters. The van der Waals surface area contributed by atoms with E-state index in [2.05, 4.69) is 20.3 Å². The Morgan fingerprint density at radius 3 is 2.48 bits per heavy atom. The molecule has 0 aliphatic carbocycles. The Kier molecular flexibility index (Phi) is 6.17. The van der Waals surface area contributed by atoms with Gasteiger partial charge in [0.05, 0.1) is 19.1 Å². The fourth-order valence-electron chi connectivity index (χ4n) is 2.88. The van der Waals surface area contributed by atoms with E-state index in [1.54, 1.807) is 4.90 Å². The lowest BCUT2D eigenvalue weighted by atomic mass is 10.3. The summed E-state index contributed by atoms with van der Waals surface area (Å²) in [5, 5.41) is 2.05. The first kappa shape index (κ1) is 21.2. The number of nitrogens with zero attached hydrogens (tertiary/aromatic N) is 4. The Hall–Kier alpha value is -2.54. The Morgan fingerprint density at radius 2 is 1.97 bits per heavy atom. The molecule has 2 aromatic heterocycles. The van der Waals surface area contributed by atoms with Gasteiger partial charge in [0.15, 0.2) is 16.4 Å². The summed E-state index contributed by atoms with van der Waals surface area (Å²) in [4.78, 5) is 25.2. The van der Waals surface area contributed by atoms with Crippen LogP contribution >= 0.6 is 11.3 Å². The number of anilines is 1. The van der Waals surface area contributed by atoms with Crippen molar-refractivity contribution in [3.8, 4) is 11.8 Å². The molecule has 0 spiro atoms. The van der Waals surface area contributed by atoms with E-state index >= 15 is 0 Å². The SMILES string of the molecule is COc1ncnc(OC)c1C(=O)Nc1nc(C(F)(F)F)c(CN2CC[C@@H](F)C2)s1. The number of likely N-dealkylation sites (tertiary alicyclic amines) is 1. The van der Waals surface area contributed by atoms with Crippen molar-refractivity contribution in [3.05, 3.63) is 22.5 Å². The van der Waals surface area contributed by atoms with Crippen LogP contribution in [0.25, 0.3) is 0 Å². The number of rotatable bonds is 6. The summed E-state index contributed by atoms with van der Waals surface area (Å²) in [5.41, 5.74) is -1.29. The highest BCUT2D eigenvalue weighted by molar-refractivity contribution is 7.15. The van der Waals surface area contributed by atoms with Crippen molar-refractivity contribution < 1.29 is 31.8 Å². The zero-order chi connectivity index (χ0) is 21.2. The van der Waals surface area contributed by atoms with Crippen LogP contribution in [0.1, 0.15) is 27.3 Å². The number of ether oxygens (including phenoxy) is 2.